The molecular weight excluding hydrogens is 366 g/mol. The third kappa shape index (κ3) is 5.78. The smallest absolute Gasteiger partial charge is 0.279 e. The van der Waals surface area contributed by atoms with Gasteiger partial charge in [0.1, 0.15) is 12.3 Å². The number of rotatable bonds is 8. The van der Waals surface area contributed by atoms with Crippen LogP contribution < -0.4 is 15.0 Å². The van der Waals surface area contributed by atoms with Crippen LogP contribution in [0.25, 0.3) is 0 Å². The van der Waals surface area contributed by atoms with Crippen molar-refractivity contribution >= 4 is 21.6 Å². The summed E-state index contributed by atoms with van der Waals surface area (Å²) in [6.45, 7) is 1.00. The fourth-order valence-corrected chi connectivity index (χ4v) is 3.46. The van der Waals surface area contributed by atoms with E-state index in [1.165, 1.54) is 26.2 Å². The summed E-state index contributed by atoms with van der Waals surface area (Å²) in [7, 11) is 3.05. The number of ether oxygens (including phenoxy) is 1. The Morgan fingerprint density at radius 2 is 1.67 bits per heavy atom. The second-order valence-corrected chi connectivity index (χ2v) is 8.67. The fourth-order valence-electron chi connectivity index (χ4n) is 2.55. The molecule has 0 spiro atoms. The molecule has 0 bridgehead atoms. The minimum Gasteiger partial charge on any atom is -0.497 e. The molecule has 0 aliphatic carbocycles. The molecule has 2 N–H and O–H groups in total. The highest BCUT2D eigenvalue weighted by atomic mass is 32.2. The van der Waals surface area contributed by atoms with Crippen molar-refractivity contribution in [3.8, 4) is 5.75 Å². The number of hydrogen-bond acceptors (Lipinski definition) is 4. The molecule has 1 unspecified atom stereocenters. The average Bonchev–Trinajstić information content (AvgIpc) is 2.62. The second-order valence-electron chi connectivity index (χ2n) is 6.52. The minimum atomic E-state index is -3.47. The van der Waals surface area contributed by atoms with Gasteiger partial charge in [-0.05, 0) is 48.5 Å². The van der Waals surface area contributed by atoms with Crippen molar-refractivity contribution in [3.05, 3.63) is 54.1 Å². The van der Waals surface area contributed by atoms with Crippen LogP contribution in [0.4, 0.5) is 5.69 Å². The maximum Gasteiger partial charge on any atom is 0.279 e. The Balaban J connectivity index is 1.91. The number of sulfonamides is 1. The van der Waals surface area contributed by atoms with Crippen molar-refractivity contribution in [2.75, 3.05) is 40.1 Å². The van der Waals surface area contributed by atoms with Crippen LogP contribution in [0, 0.1) is 0 Å². The summed E-state index contributed by atoms with van der Waals surface area (Å²) in [5.41, 5.74) is 1.68. The quantitative estimate of drug-likeness (QED) is 0.690. The highest BCUT2D eigenvalue weighted by Gasteiger charge is 2.17. The van der Waals surface area contributed by atoms with Gasteiger partial charge in [-0.25, -0.2) is 12.7 Å². The maximum absolute atomic E-state index is 12.2. The van der Waals surface area contributed by atoms with Crippen molar-refractivity contribution in [1.82, 2.24) is 4.31 Å². The number of carbonyl (C=O) groups excluding carboxylic acids is 1. The molecule has 1 atom stereocenters. The number of nitrogens with one attached hydrogen (secondary N) is 2. The second kappa shape index (κ2) is 8.98. The number of methoxy groups -OCH3 is 1. The van der Waals surface area contributed by atoms with E-state index >= 15 is 0 Å². The van der Waals surface area contributed by atoms with Crippen LogP contribution in [-0.4, -0.2) is 53.4 Å². The molecule has 0 radical (unpaired) electrons. The van der Waals surface area contributed by atoms with Crippen molar-refractivity contribution in [3.63, 3.8) is 0 Å². The summed E-state index contributed by atoms with van der Waals surface area (Å²) >= 11 is 0. The summed E-state index contributed by atoms with van der Waals surface area (Å²) in [5, 5.41) is 2.80. The first-order chi connectivity index (χ1) is 12.7. The normalized spacial score (nSPS) is 12.6. The van der Waals surface area contributed by atoms with Crippen molar-refractivity contribution in [1.29, 1.82) is 0 Å². The molecule has 0 aromatic heterocycles. The van der Waals surface area contributed by atoms with Crippen LogP contribution >= 0.6 is 0 Å². The lowest BCUT2D eigenvalue weighted by atomic mass is 10.2. The lowest BCUT2D eigenvalue weighted by Gasteiger charge is -2.15. The van der Waals surface area contributed by atoms with Gasteiger partial charge in [-0.15, -0.1) is 0 Å². The number of amides is 1. The molecule has 8 heteroatoms. The van der Waals surface area contributed by atoms with Crippen LogP contribution in [-0.2, 0) is 21.4 Å². The fraction of sp³-hybridized carbons (Fsp3) is 0.316. The molecule has 27 heavy (non-hydrogen) atoms. The van der Waals surface area contributed by atoms with Gasteiger partial charge in [0.15, 0.2) is 6.54 Å². The number of hydrogen-bond donors (Lipinski definition) is 2. The molecule has 0 fully saturated rings. The lowest BCUT2D eigenvalue weighted by Crippen LogP contribution is -3.08. The Bertz CT molecular complexity index is 863. The largest absolute Gasteiger partial charge is 0.497 e. The van der Waals surface area contributed by atoms with Gasteiger partial charge >= 0.3 is 0 Å². The highest BCUT2D eigenvalue weighted by molar-refractivity contribution is 7.89. The van der Waals surface area contributed by atoms with Gasteiger partial charge in [-0.1, -0.05) is 0 Å². The number of nitrogens with zero attached hydrogens (tertiary/aromatic N) is 1. The summed E-state index contributed by atoms with van der Waals surface area (Å²) < 4.78 is 30.4. The molecule has 2 aromatic carbocycles. The topological polar surface area (TPSA) is 80.1 Å². The highest BCUT2D eigenvalue weighted by Crippen LogP contribution is 2.16. The molecule has 2 aromatic rings. The van der Waals surface area contributed by atoms with E-state index in [0.717, 1.165) is 20.5 Å². The summed E-state index contributed by atoms with van der Waals surface area (Å²) in [6, 6.07) is 13.9. The number of anilines is 1. The van der Waals surface area contributed by atoms with E-state index in [-0.39, 0.29) is 10.8 Å². The molecule has 0 aliphatic heterocycles. The third-order valence-corrected chi connectivity index (χ3v) is 5.87. The van der Waals surface area contributed by atoms with Crippen LogP contribution in [0.1, 0.15) is 5.56 Å². The predicted molar refractivity (Wildman–Crippen MR) is 104 cm³/mol. The Morgan fingerprint density at radius 3 is 2.19 bits per heavy atom. The number of carbonyl (C=O) groups is 1. The first-order valence-corrected chi connectivity index (χ1v) is 9.93. The van der Waals surface area contributed by atoms with Crippen LogP contribution in [0.3, 0.4) is 0 Å². The maximum atomic E-state index is 12.2. The third-order valence-electron chi connectivity index (χ3n) is 4.04. The predicted octanol–water partition coefficient (Wildman–Crippen LogP) is 0.599. The van der Waals surface area contributed by atoms with Crippen molar-refractivity contribution in [2.24, 2.45) is 0 Å². The van der Waals surface area contributed by atoms with E-state index in [0.29, 0.717) is 18.8 Å². The molecule has 1 amide bonds. The molecule has 0 aliphatic rings. The van der Waals surface area contributed by atoms with E-state index in [2.05, 4.69) is 5.32 Å². The SMILES string of the molecule is COc1ccc(C[NH+](C)CC(=O)Nc2ccc(S(=O)(=O)N(C)C)cc2)cc1. The summed E-state index contributed by atoms with van der Waals surface area (Å²) in [5.74, 6) is 0.665. The zero-order chi connectivity index (χ0) is 20.0. The number of benzene rings is 2. The Morgan fingerprint density at radius 1 is 1.07 bits per heavy atom. The standard InChI is InChI=1S/C19H25N3O4S/c1-21(2)27(24,25)18-11-7-16(8-12-18)20-19(23)14-22(3)13-15-5-9-17(26-4)10-6-15/h5-12H,13-14H2,1-4H3,(H,20,23)/p+1. The average molecular weight is 393 g/mol. The molecule has 2 rings (SSSR count). The number of likely N-dealkylation sites (N-methyl/N-ethyl adjacent to an activating group) is 1. The van der Waals surface area contributed by atoms with Gasteiger partial charge in [0.05, 0.1) is 19.1 Å². The van der Waals surface area contributed by atoms with Gasteiger partial charge in [0.25, 0.3) is 5.91 Å². The molecule has 0 saturated carbocycles. The molecule has 7 nitrogen and oxygen atoms in total. The van der Waals surface area contributed by atoms with Crippen molar-refractivity contribution < 1.29 is 22.8 Å². The lowest BCUT2D eigenvalue weighted by molar-refractivity contribution is -0.885. The van der Waals surface area contributed by atoms with Crippen LogP contribution in [0.2, 0.25) is 0 Å². The molecule has 146 valence electrons. The first kappa shape index (κ1) is 20.9. The van der Waals surface area contributed by atoms with Gasteiger partial charge in [-0.2, -0.15) is 0 Å². The van der Waals surface area contributed by atoms with Gasteiger partial charge in [0.2, 0.25) is 10.0 Å². The van der Waals surface area contributed by atoms with Crippen LogP contribution in [0.5, 0.6) is 5.75 Å². The number of quaternary nitrogens is 1. The summed E-state index contributed by atoms with van der Waals surface area (Å²) in [6.07, 6.45) is 0. The van der Waals surface area contributed by atoms with E-state index in [1.807, 2.05) is 31.3 Å². The minimum absolute atomic E-state index is 0.135. The van der Waals surface area contributed by atoms with E-state index in [1.54, 1.807) is 19.2 Å². The van der Waals surface area contributed by atoms with Crippen molar-refractivity contribution in [2.45, 2.75) is 11.4 Å². The Hall–Kier alpha value is -2.42. The summed E-state index contributed by atoms with van der Waals surface area (Å²) in [4.78, 5) is 13.4. The Kier molecular flexibility index (Phi) is 6.95. The van der Waals surface area contributed by atoms with Crippen LogP contribution in [0.15, 0.2) is 53.4 Å². The van der Waals surface area contributed by atoms with E-state index < -0.39 is 10.0 Å². The zero-order valence-electron chi connectivity index (χ0n) is 16.0. The van der Waals surface area contributed by atoms with Gasteiger partial charge < -0.3 is 15.0 Å². The van der Waals surface area contributed by atoms with E-state index in [4.69, 9.17) is 4.74 Å². The monoisotopic (exact) mass is 392 g/mol. The molecule has 0 saturated heterocycles. The Labute approximate surface area is 160 Å². The van der Waals surface area contributed by atoms with E-state index in [9.17, 15) is 13.2 Å². The van der Waals surface area contributed by atoms with Gasteiger partial charge in [0, 0.05) is 25.3 Å². The zero-order valence-corrected chi connectivity index (χ0v) is 16.8. The molecule has 0 heterocycles. The molecular formula is C19H26N3O4S+. The first-order valence-electron chi connectivity index (χ1n) is 8.49. The van der Waals surface area contributed by atoms with Gasteiger partial charge in [-0.3, -0.25) is 4.79 Å².